The van der Waals surface area contributed by atoms with E-state index in [1.165, 1.54) is 0 Å². The van der Waals surface area contributed by atoms with E-state index in [-0.39, 0.29) is 31.1 Å². The summed E-state index contributed by atoms with van der Waals surface area (Å²) in [4.78, 5) is 29.2. The van der Waals surface area contributed by atoms with Crippen molar-refractivity contribution in [2.45, 2.75) is 6.42 Å². The predicted octanol–water partition coefficient (Wildman–Crippen LogP) is 3.15. The second-order valence-electron chi connectivity index (χ2n) is 6.98. The Hall–Kier alpha value is -2.84. The van der Waals surface area contributed by atoms with Crippen LogP contribution in [0.25, 0.3) is 0 Å². The van der Waals surface area contributed by atoms with Crippen LogP contribution in [0.2, 0.25) is 0 Å². The number of ketones is 2. The SMILES string of the molecule is COc1ccccc1C(=S)N(C)CC(=O)CC(=O)CN(C)C(=S)c1ccccc1OC. The van der Waals surface area contributed by atoms with Gasteiger partial charge in [-0.1, -0.05) is 48.7 Å². The number of para-hydroxylation sites is 2. The minimum atomic E-state index is -0.221. The van der Waals surface area contributed by atoms with E-state index in [0.717, 1.165) is 11.1 Å². The number of nitrogens with zero attached hydrogens (tertiary/aromatic N) is 2. The van der Waals surface area contributed by atoms with Gasteiger partial charge in [-0.3, -0.25) is 9.59 Å². The summed E-state index contributed by atoms with van der Waals surface area (Å²) in [5.41, 5.74) is 1.45. The third kappa shape index (κ3) is 6.57. The standard InChI is InChI=1S/C23H26N2O4S2/c1-24(22(30)18-9-5-7-11-20(18)28-3)14-16(26)13-17(27)15-25(2)23(31)19-10-6-8-12-21(19)29-4/h5-12H,13-15H2,1-4H3. The molecule has 31 heavy (non-hydrogen) atoms. The molecule has 0 fully saturated rings. The average molecular weight is 459 g/mol. The van der Waals surface area contributed by atoms with Gasteiger partial charge in [-0.15, -0.1) is 0 Å². The Labute approximate surface area is 193 Å². The number of Topliss-reactive ketones (excluding diaryl/α,β-unsaturated/α-hetero) is 2. The number of ether oxygens (including phenoxy) is 2. The Kier molecular flexibility index (Phi) is 9.08. The van der Waals surface area contributed by atoms with Crippen molar-refractivity contribution < 1.29 is 19.1 Å². The quantitative estimate of drug-likeness (QED) is 0.398. The molecule has 0 N–H and O–H groups in total. The van der Waals surface area contributed by atoms with E-state index >= 15 is 0 Å². The van der Waals surface area contributed by atoms with E-state index in [2.05, 4.69) is 0 Å². The normalized spacial score (nSPS) is 10.2. The lowest BCUT2D eigenvalue weighted by Crippen LogP contribution is -2.35. The van der Waals surface area contributed by atoms with Gasteiger partial charge < -0.3 is 19.3 Å². The van der Waals surface area contributed by atoms with Gasteiger partial charge in [-0.05, 0) is 24.3 Å². The fourth-order valence-electron chi connectivity index (χ4n) is 3.06. The van der Waals surface area contributed by atoms with Crippen LogP contribution in [0.5, 0.6) is 11.5 Å². The lowest BCUT2D eigenvalue weighted by molar-refractivity contribution is -0.127. The largest absolute Gasteiger partial charge is 0.496 e. The van der Waals surface area contributed by atoms with E-state index in [4.69, 9.17) is 33.9 Å². The molecule has 0 aliphatic rings. The first-order valence-electron chi connectivity index (χ1n) is 9.58. The van der Waals surface area contributed by atoms with Crippen LogP contribution in [-0.2, 0) is 9.59 Å². The molecule has 0 aromatic heterocycles. The molecule has 8 heteroatoms. The number of hydrogen-bond acceptors (Lipinski definition) is 6. The Morgan fingerprint density at radius 1 is 0.742 bits per heavy atom. The third-order valence-corrected chi connectivity index (χ3v) is 5.65. The van der Waals surface area contributed by atoms with E-state index in [9.17, 15) is 9.59 Å². The van der Waals surface area contributed by atoms with Crippen LogP contribution >= 0.6 is 24.4 Å². The van der Waals surface area contributed by atoms with Gasteiger partial charge in [0.05, 0.1) is 44.9 Å². The fraction of sp³-hybridized carbons (Fsp3) is 0.304. The molecule has 164 valence electrons. The number of rotatable bonds is 10. The first-order chi connectivity index (χ1) is 14.8. The Balaban J connectivity index is 1.92. The van der Waals surface area contributed by atoms with Crippen LogP contribution in [0.1, 0.15) is 17.5 Å². The lowest BCUT2D eigenvalue weighted by Gasteiger charge is -2.22. The molecule has 0 bridgehead atoms. The molecule has 0 amide bonds. The highest BCUT2D eigenvalue weighted by atomic mass is 32.1. The first kappa shape index (κ1) is 24.4. The summed E-state index contributed by atoms with van der Waals surface area (Å²) in [7, 11) is 6.58. The predicted molar refractivity (Wildman–Crippen MR) is 129 cm³/mol. The van der Waals surface area contributed by atoms with Gasteiger partial charge in [0.2, 0.25) is 0 Å². The van der Waals surface area contributed by atoms with Crippen LogP contribution < -0.4 is 9.47 Å². The highest BCUT2D eigenvalue weighted by Crippen LogP contribution is 2.20. The van der Waals surface area contributed by atoms with Crippen LogP contribution in [0.4, 0.5) is 0 Å². The molecule has 0 heterocycles. The third-order valence-electron chi connectivity index (χ3n) is 4.59. The molecule has 0 saturated carbocycles. The maximum Gasteiger partial charge on any atom is 0.159 e. The molecule has 2 rings (SSSR count). The topological polar surface area (TPSA) is 59.1 Å². The molecule has 6 nitrogen and oxygen atoms in total. The minimum Gasteiger partial charge on any atom is -0.496 e. The van der Waals surface area contributed by atoms with E-state index in [1.54, 1.807) is 50.2 Å². The number of carbonyl (C=O) groups excluding carboxylic acids is 2. The zero-order chi connectivity index (χ0) is 23.0. The van der Waals surface area contributed by atoms with E-state index < -0.39 is 0 Å². The molecule has 0 spiro atoms. The number of methoxy groups -OCH3 is 2. The van der Waals surface area contributed by atoms with E-state index in [1.807, 2.05) is 36.4 Å². The van der Waals surface area contributed by atoms with Crippen LogP contribution in [0.15, 0.2) is 48.5 Å². The number of benzene rings is 2. The zero-order valence-electron chi connectivity index (χ0n) is 18.1. The molecule has 0 aliphatic carbocycles. The Morgan fingerprint density at radius 3 is 1.45 bits per heavy atom. The lowest BCUT2D eigenvalue weighted by atomic mass is 10.1. The van der Waals surface area contributed by atoms with Crippen LogP contribution in [-0.4, -0.2) is 72.7 Å². The Bertz CT molecular complexity index is 900. The smallest absolute Gasteiger partial charge is 0.159 e. The second kappa shape index (κ2) is 11.5. The first-order valence-corrected chi connectivity index (χ1v) is 10.4. The summed E-state index contributed by atoms with van der Waals surface area (Å²) >= 11 is 11.0. The molecule has 0 saturated heterocycles. The molecular weight excluding hydrogens is 432 g/mol. The summed E-state index contributed by atoms with van der Waals surface area (Å²) < 4.78 is 10.7. The van der Waals surface area contributed by atoms with Crippen molar-refractivity contribution in [3.8, 4) is 11.5 Å². The van der Waals surface area contributed by atoms with Gasteiger partial charge >= 0.3 is 0 Å². The Morgan fingerprint density at radius 2 is 1.10 bits per heavy atom. The minimum absolute atomic E-state index is 0.0310. The molecule has 0 radical (unpaired) electrons. The number of hydrogen-bond donors (Lipinski definition) is 0. The van der Waals surface area contributed by atoms with Crippen molar-refractivity contribution >= 4 is 46.0 Å². The highest BCUT2D eigenvalue weighted by molar-refractivity contribution is 7.81. The van der Waals surface area contributed by atoms with Gasteiger partial charge in [-0.2, -0.15) is 0 Å². The summed E-state index contributed by atoms with van der Waals surface area (Å²) in [6, 6.07) is 14.7. The van der Waals surface area contributed by atoms with Crippen molar-refractivity contribution in [2.75, 3.05) is 41.4 Å². The molecule has 2 aromatic rings. The average Bonchev–Trinajstić information content (AvgIpc) is 2.77. The van der Waals surface area contributed by atoms with Crippen LogP contribution in [0.3, 0.4) is 0 Å². The maximum absolute atomic E-state index is 12.5. The van der Waals surface area contributed by atoms with Crippen molar-refractivity contribution in [1.82, 2.24) is 9.80 Å². The van der Waals surface area contributed by atoms with Gasteiger partial charge in [0, 0.05) is 14.1 Å². The summed E-state index contributed by atoms with van der Waals surface area (Å²) in [5, 5.41) is 0. The van der Waals surface area contributed by atoms with Crippen LogP contribution in [0, 0.1) is 0 Å². The molecule has 0 aliphatic heterocycles. The number of carbonyl (C=O) groups is 2. The number of thiocarbonyl (C=S) groups is 2. The van der Waals surface area contributed by atoms with Gasteiger partial charge in [0.25, 0.3) is 0 Å². The summed E-state index contributed by atoms with van der Waals surface area (Å²) in [5.74, 6) is 0.825. The van der Waals surface area contributed by atoms with Crippen molar-refractivity contribution in [2.24, 2.45) is 0 Å². The summed E-state index contributed by atoms with van der Waals surface area (Å²) in [6.45, 7) is 0.0621. The van der Waals surface area contributed by atoms with Crippen molar-refractivity contribution in [3.05, 3.63) is 59.7 Å². The monoisotopic (exact) mass is 458 g/mol. The molecule has 0 atom stereocenters. The maximum atomic E-state index is 12.5. The summed E-state index contributed by atoms with van der Waals surface area (Å²) in [6.07, 6.45) is -0.197. The van der Waals surface area contributed by atoms with Crippen molar-refractivity contribution in [3.63, 3.8) is 0 Å². The fourth-order valence-corrected chi connectivity index (χ4v) is 3.52. The second-order valence-corrected chi connectivity index (χ2v) is 7.75. The van der Waals surface area contributed by atoms with E-state index in [0.29, 0.717) is 21.5 Å². The molecule has 0 unspecified atom stereocenters. The number of likely N-dealkylation sites (N-methyl/N-ethyl adjacent to an activating group) is 2. The van der Waals surface area contributed by atoms with Crippen molar-refractivity contribution in [1.29, 1.82) is 0 Å². The molecule has 2 aromatic carbocycles. The van der Waals surface area contributed by atoms with Gasteiger partial charge in [0.1, 0.15) is 21.5 Å². The molecular formula is C23H26N2O4S2. The van der Waals surface area contributed by atoms with Gasteiger partial charge in [-0.25, -0.2) is 0 Å². The van der Waals surface area contributed by atoms with Gasteiger partial charge in [0.15, 0.2) is 11.6 Å². The zero-order valence-corrected chi connectivity index (χ0v) is 19.7. The highest BCUT2D eigenvalue weighted by Gasteiger charge is 2.19.